The zero-order chi connectivity index (χ0) is 21.8. The minimum absolute atomic E-state index is 0.0249. The monoisotopic (exact) mass is 421 g/mol. The molecule has 1 aliphatic rings. The summed E-state index contributed by atoms with van der Waals surface area (Å²) in [6.45, 7) is 0.437. The summed E-state index contributed by atoms with van der Waals surface area (Å²) in [5, 5.41) is 11.5. The van der Waals surface area contributed by atoms with E-state index in [1.165, 1.54) is 6.07 Å². The Morgan fingerprint density at radius 1 is 0.968 bits per heavy atom. The summed E-state index contributed by atoms with van der Waals surface area (Å²) in [4.78, 5) is 23.1. The van der Waals surface area contributed by atoms with Gasteiger partial charge in [0.25, 0.3) is 0 Å². The number of carbonyl (C=O) groups excluding carboxylic acids is 1. The minimum Gasteiger partial charge on any atom is -0.492 e. The van der Waals surface area contributed by atoms with Crippen molar-refractivity contribution in [3.8, 4) is 16.9 Å². The predicted molar refractivity (Wildman–Crippen MR) is 112 cm³/mol. The number of aromatic carboxylic acids is 1. The summed E-state index contributed by atoms with van der Waals surface area (Å²) in [7, 11) is 0. The molecule has 0 aliphatic heterocycles. The topological polar surface area (TPSA) is 84.9 Å². The first-order valence-corrected chi connectivity index (χ1v) is 9.79. The van der Waals surface area contributed by atoms with E-state index in [1.807, 2.05) is 36.4 Å². The van der Waals surface area contributed by atoms with Gasteiger partial charge in [-0.2, -0.15) is 0 Å². The maximum absolute atomic E-state index is 13.4. The van der Waals surface area contributed by atoms with Crippen molar-refractivity contribution in [1.29, 1.82) is 0 Å². The number of ether oxygens (including phenoxy) is 2. The molecule has 3 aromatic rings. The molecule has 0 aromatic heterocycles. The zero-order valence-electron chi connectivity index (χ0n) is 16.5. The van der Waals surface area contributed by atoms with Crippen molar-refractivity contribution >= 4 is 12.1 Å². The highest BCUT2D eigenvalue weighted by Gasteiger charge is 2.28. The normalized spacial score (nSPS) is 12.0. The summed E-state index contributed by atoms with van der Waals surface area (Å²) >= 11 is 0. The molecule has 0 unspecified atom stereocenters. The maximum Gasteiger partial charge on any atom is 0.407 e. The quantitative estimate of drug-likeness (QED) is 0.551. The van der Waals surface area contributed by atoms with E-state index in [9.17, 15) is 14.0 Å². The van der Waals surface area contributed by atoms with Crippen molar-refractivity contribution in [2.75, 3.05) is 19.8 Å². The maximum atomic E-state index is 13.4. The van der Waals surface area contributed by atoms with Crippen LogP contribution in [0.2, 0.25) is 0 Å². The van der Waals surface area contributed by atoms with Gasteiger partial charge in [0.15, 0.2) is 0 Å². The summed E-state index contributed by atoms with van der Waals surface area (Å²) in [5.41, 5.74) is 4.10. The Balaban J connectivity index is 1.28. The van der Waals surface area contributed by atoms with E-state index in [0.717, 1.165) is 34.4 Å². The molecule has 0 spiro atoms. The van der Waals surface area contributed by atoms with Crippen LogP contribution in [0.3, 0.4) is 0 Å². The van der Waals surface area contributed by atoms with E-state index < -0.39 is 23.4 Å². The molecule has 6 nitrogen and oxygen atoms in total. The van der Waals surface area contributed by atoms with Crippen molar-refractivity contribution in [3.05, 3.63) is 89.2 Å². The molecule has 0 radical (unpaired) electrons. The molecule has 0 bridgehead atoms. The molecule has 0 heterocycles. The Morgan fingerprint density at radius 3 is 2.26 bits per heavy atom. The third kappa shape index (κ3) is 4.35. The first-order chi connectivity index (χ1) is 15.0. The van der Waals surface area contributed by atoms with Crippen LogP contribution in [0.25, 0.3) is 11.1 Å². The number of halogens is 1. The molecule has 7 heteroatoms. The molecule has 3 aromatic carbocycles. The Hall–Kier alpha value is -3.87. The highest BCUT2D eigenvalue weighted by Crippen LogP contribution is 2.44. The van der Waals surface area contributed by atoms with Gasteiger partial charge in [-0.3, -0.25) is 0 Å². The van der Waals surface area contributed by atoms with Crippen molar-refractivity contribution in [2.45, 2.75) is 5.92 Å². The lowest BCUT2D eigenvalue weighted by Gasteiger charge is -2.14. The molecule has 0 saturated heterocycles. The van der Waals surface area contributed by atoms with Gasteiger partial charge in [-0.05, 0) is 40.5 Å². The van der Waals surface area contributed by atoms with Crippen molar-refractivity contribution < 1.29 is 28.6 Å². The fourth-order valence-electron chi connectivity index (χ4n) is 3.73. The molecular formula is C24H20FNO5. The molecular weight excluding hydrogens is 401 g/mol. The van der Waals surface area contributed by atoms with Gasteiger partial charge in [0.1, 0.15) is 24.8 Å². The van der Waals surface area contributed by atoms with E-state index in [2.05, 4.69) is 17.4 Å². The van der Waals surface area contributed by atoms with Crippen molar-refractivity contribution in [3.63, 3.8) is 0 Å². The Labute approximate surface area is 178 Å². The Bertz CT molecular complexity index is 1080. The smallest absolute Gasteiger partial charge is 0.407 e. The van der Waals surface area contributed by atoms with Gasteiger partial charge >= 0.3 is 12.1 Å². The molecule has 1 aliphatic carbocycles. The van der Waals surface area contributed by atoms with E-state index in [0.29, 0.717) is 0 Å². The standard InChI is InChI=1S/C24H20FNO5/c25-22-10-9-15(13-20(22)23(27)28)30-12-11-26-24(29)31-14-21-18-7-3-1-5-16(18)17-6-2-4-8-19(17)21/h1-10,13,21H,11-12,14H2,(H,26,29)(H,27,28). The molecule has 31 heavy (non-hydrogen) atoms. The lowest BCUT2D eigenvalue weighted by molar-refractivity contribution is 0.0691. The number of alkyl carbamates (subject to hydrolysis) is 1. The summed E-state index contributed by atoms with van der Waals surface area (Å²) in [6.07, 6.45) is -0.573. The number of hydrogen-bond acceptors (Lipinski definition) is 4. The Morgan fingerprint density at radius 2 is 1.61 bits per heavy atom. The van der Waals surface area contributed by atoms with Crippen LogP contribution in [0.1, 0.15) is 27.4 Å². The zero-order valence-corrected chi connectivity index (χ0v) is 16.5. The van der Waals surface area contributed by atoms with Gasteiger partial charge < -0.3 is 19.9 Å². The van der Waals surface area contributed by atoms with E-state index in [1.54, 1.807) is 0 Å². The van der Waals surface area contributed by atoms with E-state index in [4.69, 9.17) is 14.6 Å². The Kier molecular flexibility index (Phi) is 5.84. The summed E-state index contributed by atoms with van der Waals surface area (Å²) < 4.78 is 24.2. The number of fused-ring (bicyclic) bond motifs is 3. The number of carboxylic acid groups (broad SMARTS) is 1. The third-order valence-corrected chi connectivity index (χ3v) is 5.15. The summed E-state index contributed by atoms with van der Waals surface area (Å²) in [6, 6.07) is 19.6. The van der Waals surface area contributed by atoms with Gasteiger partial charge in [-0.1, -0.05) is 48.5 Å². The van der Waals surface area contributed by atoms with E-state index in [-0.39, 0.29) is 31.4 Å². The van der Waals surface area contributed by atoms with Gasteiger partial charge in [0, 0.05) is 5.92 Å². The second-order valence-electron chi connectivity index (χ2n) is 7.05. The second-order valence-corrected chi connectivity index (χ2v) is 7.05. The van der Waals surface area contributed by atoms with Crippen LogP contribution in [-0.2, 0) is 4.74 Å². The fourth-order valence-corrected chi connectivity index (χ4v) is 3.73. The molecule has 1 amide bonds. The van der Waals surface area contributed by atoms with Gasteiger partial charge in [-0.15, -0.1) is 0 Å². The van der Waals surface area contributed by atoms with E-state index >= 15 is 0 Å². The SMILES string of the molecule is O=C(NCCOc1ccc(F)c(C(=O)O)c1)OCC1c2ccccc2-c2ccccc21. The molecule has 2 N–H and O–H groups in total. The first kappa shape index (κ1) is 20.4. The molecule has 0 saturated carbocycles. The predicted octanol–water partition coefficient (Wildman–Crippen LogP) is 4.44. The highest BCUT2D eigenvalue weighted by molar-refractivity contribution is 5.88. The number of amides is 1. The van der Waals surface area contributed by atoms with Crippen molar-refractivity contribution in [2.24, 2.45) is 0 Å². The van der Waals surface area contributed by atoms with Crippen LogP contribution in [-0.4, -0.2) is 36.9 Å². The van der Waals surface area contributed by atoms with Crippen LogP contribution in [0, 0.1) is 5.82 Å². The number of carbonyl (C=O) groups is 2. The van der Waals surface area contributed by atoms with Gasteiger partial charge in [-0.25, -0.2) is 14.0 Å². The molecule has 0 fully saturated rings. The van der Waals surface area contributed by atoms with Gasteiger partial charge in [0.2, 0.25) is 0 Å². The molecule has 4 rings (SSSR count). The largest absolute Gasteiger partial charge is 0.492 e. The lowest BCUT2D eigenvalue weighted by Crippen LogP contribution is -2.29. The average Bonchev–Trinajstić information content (AvgIpc) is 3.10. The molecule has 158 valence electrons. The van der Waals surface area contributed by atoms with Crippen LogP contribution in [0.5, 0.6) is 5.75 Å². The van der Waals surface area contributed by atoms with Gasteiger partial charge in [0.05, 0.1) is 12.1 Å². The van der Waals surface area contributed by atoms with Crippen molar-refractivity contribution in [1.82, 2.24) is 5.32 Å². The first-order valence-electron chi connectivity index (χ1n) is 9.79. The average molecular weight is 421 g/mol. The fraction of sp³-hybridized carbons (Fsp3) is 0.167. The lowest BCUT2D eigenvalue weighted by atomic mass is 9.98. The molecule has 0 atom stereocenters. The number of rotatable bonds is 7. The van der Waals surface area contributed by atoms with Crippen LogP contribution >= 0.6 is 0 Å². The number of nitrogens with one attached hydrogen (secondary N) is 1. The highest BCUT2D eigenvalue weighted by atomic mass is 19.1. The van der Waals surface area contributed by atoms with Crippen LogP contribution in [0.4, 0.5) is 9.18 Å². The second kappa shape index (κ2) is 8.87. The number of hydrogen-bond donors (Lipinski definition) is 2. The number of benzene rings is 3. The number of carboxylic acids is 1. The van der Waals surface area contributed by atoms with Crippen LogP contribution < -0.4 is 10.1 Å². The summed E-state index contributed by atoms with van der Waals surface area (Å²) in [5.74, 6) is -2.03. The third-order valence-electron chi connectivity index (χ3n) is 5.15. The minimum atomic E-state index is -1.38. The van der Waals surface area contributed by atoms with Crippen LogP contribution in [0.15, 0.2) is 66.7 Å².